The quantitative estimate of drug-likeness (QED) is 0.863. The molecular weight excluding hydrogens is 254 g/mol. The lowest BCUT2D eigenvalue weighted by atomic mass is 9.91. The summed E-state index contributed by atoms with van der Waals surface area (Å²) >= 11 is 6.25. The van der Waals surface area contributed by atoms with Crippen LogP contribution in [0.25, 0.3) is 0 Å². The van der Waals surface area contributed by atoms with E-state index in [1.54, 1.807) is 0 Å². The molecule has 0 spiro atoms. The summed E-state index contributed by atoms with van der Waals surface area (Å²) in [6.07, 6.45) is 0. The van der Waals surface area contributed by atoms with Gasteiger partial charge in [-0.2, -0.15) is 0 Å². The highest BCUT2D eigenvalue weighted by Crippen LogP contribution is 2.30. The van der Waals surface area contributed by atoms with Gasteiger partial charge in [0.2, 0.25) is 0 Å². The molecular formula is C17H20ClN. The third kappa shape index (κ3) is 2.83. The average Bonchev–Trinajstić information content (AvgIpc) is 2.39. The van der Waals surface area contributed by atoms with Crippen molar-refractivity contribution in [3.63, 3.8) is 0 Å². The van der Waals surface area contributed by atoms with Crippen molar-refractivity contribution in [3.8, 4) is 0 Å². The normalized spacial score (nSPS) is 12.5. The maximum absolute atomic E-state index is 6.25. The number of hydrogen-bond donors (Lipinski definition) is 1. The van der Waals surface area contributed by atoms with E-state index in [9.17, 15) is 0 Å². The predicted octanol–water partition coefficient (Wildman–Crippen LogP) is 4.57. The fourth-order valence-electron chi connectivity index (χ4n) is 2.49. The van der Waals surface area contributed by atoms with Gasteiger partial charge in [0.05, 0.1) is 6.04 Å². The Morgan fingerprint density at radius 1 is 1.00 bits per heavy atom. The number of nitrogens with one attached hydrogen (secondary N) is 1. The zero-order valence-corrected chi connectivity index (χ0v) is 12.7. The number of rotatable bonds is 3. The SMILES string of the molecule is CNC(c1cc(C)ccc1C)c1cccc(Cl)c1C. The van der Waals surface area contributed by atoms with Crippen LogP contribution < -0.4 is 5.32 Å². The summed E-state index contributed by atoms with van der Waals surface area (Å²) in [4.78, 5) is 0. The Hall–Kier alpha value is -1.31. The molecule has 0 bridgehead atoms. The maximum atomic E-state index is 6.25. The van der Waals surface area contributed by atoms with E-state index >= 15 is 0 Å². The lowest BCUT2D eigenvalue weighted by Crippen LogP contribution is -2.20. The molecule has 0 aliphatic carbocycles. The first-order valence-electron chi connectivity index (χ1n) is 6.54. The van der Waals surface area contributed by atoms with Crippen LogP contribution in [0, 0.1) is 20.8 Å². The smallest absolute Gasteiger partial charge is 0.0580 e. The molecule has 2 heteroatoms. The van der Waals surface area contributed by atoms with Crippen LogP contribution in [0.4, 0.5) is 0 Å². The zero-order valence-electron chi connectivity index (χ0n) is 11.9. The van der Waals surface area contributed by atoms with Crippen molar-refractivity contribution >= 4 is 11.6 Å². The highest BCUT2D eigenvalue weighted by Gasteiger charge is 2.17. The lowest BCUT2D eigenvalue weighted by Gasteiger charge is -2.22. The van der Waals surface area contributed by atoms with Gasteiger partial charge in [-0.25, -0.2) is 0 Å². The van der Waals surface area contributed by atoms with E-state index < -0.39 is 0 Å². The summed E-state index contributed by atoms with van der Waals surface area (Å²) < 4.78 is 0. The van der Waals surface area contributed by atoms with Gasteiger partial charge in [0.15, 0.2) is 0 Å². The van der Waals surface area contributed by atoms with Gasteiger partial charge in [0.1, 0.15) is 0 Å². The van der Waals surface area contributed by atoms with Crippen LogP contribution in [0.1, 0.15) is 33.9 Å². The molecule has 1 N–H and O–H groups in total. The van der Waals surface area contributed by atoms with Crippen molar-refractivity contribution in [1.29, 1.82) is 0 Å². The fraction of sp³-hybridized carbons (Fsp3) is 0.294. The molecule has 0 aliphatic heterocycles. The summed E-state index contributed by atoms with van der Waals surface area (Å²) in [6, 6.07) is 12.8. The van der Waals surface area contributed by atoms with Gasteiger partial charge in [-0.15, -0.1) is 0 Å². The van der Waals surface area contributed by atoms with E-state index in [1.807, 2.05) is 19.2 Å². The summed E-state index contributed by atoms with van der Waals surface area (Å²) in [5.41, 5.74) is 6.27. The van der Waals surface area contributed by atoms with Crippen LogP contribution in [-0.2, 0) is 0 Å². The number of halogens is 1. The van der Waals surface area contributed by atoms with Gasteiger partial charge in [-0.05, 0) is 56.1 Å². The molecule has 0 saturated heterocycles. The highest BCUT2D eigenvalue weighted by molar-refractivity contribution is 6.31. The third-order valence-electron chi connectivity index (χ3n) is 3.66. The largest absolute Gasteiger partial charge is 0.309 e. The first kappa shape index (κ1) is 14.1. The maximum Gasteiger partial charge on any atom is 0.0580 e. The van der Waals surface area contributed by atoms with Crippen LogP contribution in [0.15, 0.2) is 36.4 Å². The first-order chi connectivity index (χ1) is 9.04. The van der Waals surface area contributed by atoms with Gasteiger partial charge in [-0.1, -0.05) is 47.5 Å². The van der Waals surface area contributed by atoms with Gasteiger partial charge in [0, 0.05) is 5.02 Å². The highest BCUT2D eigenvalue weighted by atomic mass is 35.5. The fourth-order valence-corrected chi connectivity index (χ4v) is 2.67. The van der Waals surface area contributed by atoms with E-state index in [-0.39, 0.29) is 6.04 Å². The molecule has 1 nitrogen and oxygen atoms in total. The minimum absolute atomic E-state index is 0.179. The standard InChI is InChI=1S/C17H20ClN/c1-11-8-9-12(2)15(10-11)17(19-4)14-6-5-7-16(18)13(14)3/h5-10,17,19H,1-4H3. The molecule has 0 aromatic heterocycles. The summed E-state index contributed by atoms with van der Waals surface area (Å²) in [6.45, 7) is 6.35. The summed E-state index contributed by atoms with van der Waals surface area (Å²) in [5.74, 6) is 0. The van der Waals surface area contributed by atoms with Crippen LogP contribution in [0.2, 0.25) is 5.02 Å². The summed E-state index contributed by atoms with van der Waals surface area (Å²) in [7, 11) is 1.99. The Kier molecular flexibility index (Phi) is 4.28. The Labute approximate surface area is 120 Å². The van der Waals surface area contributed by atoms with Gasteiger partial charge in [0.25, 0.3) is 0 Å². The summed E-state index contributed by atoms with van der Waals surface area (Å²) in [5, 5.41) is 4.23. The van der Waals surface area contributed by atoms with E-state index in [1.165, 1.54) is 22.3 Å². The van der Waals surface area contributed by atoms with Crippen LogP contribution >= 0.6 is 11.6 Å². The molecule has 100 valence electrons. The molecule has 0 saturated carbocycles. The number of aryl methyl sites for hydroxylation is 2. The Balaban J connectivity index is 2.56. The van der Waals surface area contributed by atoms with Crippen LogP contribution in [-0.4, -0.2) is 7.05 Å². The molecule has 0 radical (unpaired) electrons. The zero-order chi connectivity index (χ0) is 14.0. The second-order valence-corrected chi connectivity index (χ2v) is 5.44. The topological polar surface area (TPSA) is 12.0 Å². The predicted molar refractivity (Wildman–Crippen MR) is 83.0 cm³/mol. The molecule has 1 unspecified atom stereocenters. The van der Waals surface area contributed by atoms with Crippen molar-refractivity contribution in [2.45, 2.75) is 26.8 Å². The second kappa shape index (κ2) is 5.77. The molecule has 0 heterocycles. The molecule has 2 aromatic rings. The second-order valence-electron chi connectivity index (χ2n) is 5.04. The monoisotopic (exact) mass is 273 g/mol. The van der Waals surface area contributed by atoms with Crippen LogP contribution in [0.3, 0.4) is 0 Å². The minimum atomic E-state index is 0.179. The minimum Gasteiger partial charge on any atom is -0.309 e. The van der Waals surface area contributed by atoms with E-state index in [4.69, 9.17) is 11.6 Å². The Morgan fingerprint density at radius 3 is 2.42 bits per heavy atom. The van der Waals surface area contributed by atoms with Gasteiger partial charge in [-0.3, -0.25) is 0 Å². The van der Waals surface area contributed by atoms with Crippen LogP contribution in [0.5, 0.6) is 0 Å². The number of hydrogen-bond acceptors (Lipinski definition) is 1. The molecule has 2 aromatic carbocycles. The molecule has 0 amide bonds. The lowest BCUT2D eigenvalue weighted by molar-refractivity contribution is 0.683. The van der Waals surface area contributed by atoms with E-state index in [2.05, 4.69) is 50.4 Å². The van der Waals surface area contributed by atoms with Gasteiger partial charge < -0.3 is 5.32 Å². The molecule has 0 fully saturated rings. The third-order valence-corrected chi connectivity index (χ3v) is 4.06. The Bertz CT molecular complexity index is 588. The Morgan fingerprint density at radius 2 is 1.74 bits per heavy atom. The number of benzene rings is 2. The molecule has 0 aliphatic rings. The van der Waals surface area contributed by atoms with Crippen molar-refractivity contribution in [2.75, 3.05) is 7.05 Å². The van der Waals surface area contributed by atoms with Crippen molar-refractivity contribution in [2.24, 2.45) is 0 Å². The molecule has 19 heavy (non-hydrogen) atoms. The van der Waals surface area contributed by atoms with Gasteiger partial charge >= 0.3 is 0 Å². The van der Waals surface area contributed by atoms with Crippen molar-refractivity contribution in [1.82, 2.24) is 5.32 Å². The molecule has 2 rings (SSSR count). The van der Waals surface area contributed by atoms with Crippen molar-refractivity contribution in [3.05, 3.63) is 69.2 Å². The van der Waals surface area contributed by atoms with E-state index in [0.29, 0.717) is 0 Å². The molecule has 1 atom stereocenters. The van der Waals surface area contributed by atoms with E-state index in [0.717, 1.165) is 10.6 Å². The average molecular weight is 274 g/mol. The first-order valence-corrected chi connectivity index (χ1v) is 6.92. The van der Waals surface area contributed by atoms with Crippen molar-refractivity contribution < 1.29 is 0 Å².